The molecule has 4 aliphatic carbocycles. The van der Waals surface area contributed by atoms with E-state index in [0.29, 0.717) is 35.2 Å². The van der Waals surface area contributed by atoms with E-state index < -0.39 is 0 Å². The van der Waals surface area contributed by atoms with E-state index in [0.717, 1.165) is 12.8 Å². The molecular weight excluding hydrogens is 524 g/mol. The van der Waals surface area contributed by atoms with Crippen LogP contribution in [0.15, 0.2) is 24.3 Å². The van der Waals surface area contributed by atoms with E-state index >= 15 is 0 Å². The van der Waals surface area contributed by atoms with Crippen molar-refractivity contribution in [1.29, 1.82) is 0 Å². The average Bonchev–Trinajstić information content (AvgIpc) is 3.86. The molecule has 0 spiro atoms. The van der Waals surface area contributed by atoms with Crippen LogP contribution in [0.3, 0.4) is 0 Å². The van der Waals surface area contributed by atoms with Gasteiger partial charge in [0.1, 0.15) is 11.5 Å². The van der Waals surface area contributed by atoms with Crippen LogP contribution in [-0.2, 0) is 5.41 Å². The number of hydrogen-bond acceptors (Lipinski definition) is 2. The molecule has 0 unspecified atom stereocenters. The van der Waals surface area contributed by atoms with Gasteiger partial charge in [0.25, 0.3) is 0 Å². The zero-order chi connectivity index (χ0) is 29.8. The molecule has 2 nitrogen and oxygen atoms in total. The van der Waals surface area contributed by atoms with Crippen molar-refractivity contribution in [2.24, 2.45) is 0 Å². The van der Waals surface area contributed by atoms with Crippen molar-refractivity contribution < 1.29 is 10.2 Å². The standard InChI is InChI=1S/C41H60O2/c1-3-5-23-41(24-6-4-2,33-25-35(29-15-7-8-16-29)39(42)36(26-33)30-17-9-10-18-30)34-27-37(31-19-11-12-20-31)40(43)38(28-34)32-21-13-14-22-32/h25-32,42-43H,3-24H2,1-2H3. The van der Waals surface area contributed by atoms with Gasteiger partial charge in [-0.05, 0) is 121 Å². The topological polar surface area (TPSA) is 40.5 Å². The van der Waals surface area contributed by atoms with Crippen LogP contribution in [0.25, 0.3) is 0 Å². The number of hydrogen-bond donors (Lipinski definition) is 2. The van der Waals surface area contributed by atoms with Gasteiger partial charge >= 0.3 is 0 Å². The van der Waals surface area contributed by atoms with Crippen LogP contribution in [0.5, 0.6) is 11.5 Å². The summed E-state index contributed by atoms with van der Waals surface area (Å²) in [6, 6.07) is 10.0. The molecule has 6 rings (SSSR count). The van der Waals surface area contributed by atoms with E-state index in [4.69, 9.17) is 0 Å². The minimum absolute atomic E-state index is 0.0746. The van der Waals surface area contributed by atoms with Crippen molar-refractivity contribution in [3.8, 4) is 11.5 Å². The van der Waals surface area contributed by atoms with Gasteiger partial charge in [0.05, 0.1) is 0 Å². The van der Waals surface area contributed by atoms with Gasteiger partial charge < -0.3 is 10.2 Å². The van der Waals surface area contributed by atoms with E-state index in [-0.39, 0.29) is 5.41 Å². The third-order valence-electron chi connectivity index (χ3n) is 12.5. The quantitative estimate of drug-likeness (QED) is 0.260. The van der Waals surface area contributed by atoms with Crippen LogP contribution in [0.2, 0.25) is 0 Å². The maximum atomic E-state index is 11.9. The van der Waals surface area contributed by atoms with Gasteiger partial charge in [-0.25, -0.2) is 0 Å². The summed E-state index contributed by atoms with van der Waals surface area (Å²) in [5.41, 5.74) is 7.95. The molecule has 4 aliphatic rings. The van der Waals surface area contributed by atoms with Gasteiger partial charge in [0.2, 0.25) is 0 Å². The Morgan fingerprint density at radius 3 is 0.977 bits per heavy atom. The molecule has 0 heterocycles. The zero-order valence-electron chi connectivity index (χ0n) is 27.6. The third-order valence-corrected chi connectivity index (χ3v) is 12.5. The molecule has 4 fully saturated rings. The smallest absolute Gasteiger partial charge is 0.122 e. The van der Waals surface area contributed by atoms with E-state index in [2.05, 4.69) is 38.1 Å². The summed E-state index contributed by atoms with van der Waals surface area (Å²) < 4.78 is 0. The van der Waals surface area contributed by atoms with Crippen molar-refractivity contribution in [3.05, 3.63) is 57.6 Å². The highest BCUT2D eigenvalue weighted by Gasteiger charge is 2.39. The van der Waals surface area contributed by atoms with Crippen molar-refractivity contribution in [3.63, 3.8) is 0 Å². The molecule has 2 N–H and O–H groups in total. The molecular formula is C41H60O2. The number of phenols is 2. The van der Waals surface area contributed by atoms with Crippen LogP contribution in [-0.4, -0.2) is 10.2 Å². The molecule has 0 radical (unpaired) electrons. The second-order valence-electron chi connectivity index (χ2n) is 15.2. The highest BCUT2D eigenvalue weighted by atomic mass is 16.3. The number of unbranched alkanes of at least 4 members (excludes halogenated alkanes) is 2. The summed E-state index contributed by atoms with van der Waals surface area (Å²) in [7, 11) is 0. The van der Waals surface area contributed by atoms with Gasteiger partial charge in [0.15, 0.2) is 0 Å². The first-order chi connectivity index (χ1) is 21.1. The summed E-state index contributed by atoms with van der Waals surface area (Å²) in [5.74, 6) is 3.28. The molecule has 0 atom stereocenters. The second kappa shape index (κ2) is 14.0. The van der Waals surface area contributed by atoms with E-state index in [9.17, 15) is 10.2 Å². The lowest BCUT2D eigenvalue weighted by Gasteiger charge is -2.38. The number of rotatable bonds is 12. The Labute approximate surface area is 263 Å². The summed E-state index contributed by atoms with van der Waals surface area (Å²) >= 11 is 0. The Morgan fingerprint density at radius 1 is 0.488 bits per heavy atom. The van der Waals surface area contributed by atoms with Gasteiger partial charge in [-0.15, -0.1) is 0 Å². The maximum absolute atomic E-state index is 11.9. The third kappa shape index (κ3) is 6.28. The summed E-state index contributed by atoms with van der Waals surface area (Å²) in [5, 5.41) is 23.8. The van der Waals surface area contributed by atoms with Crippen molar-refractivity contribution in [2.75, 3.05) is 0 Å². The molecule has 4 saturated carbocycles. The van der Waals surface area contributed by atoms with Crippen LogP contribution < -0.4 is 0 Å². The number of aromatic hydroxyl groups is 2. The first kappa shape index (κ1) is 31.0. The van der Waals surface area contributed by atoms with Crippen LogP contribution >= 0.6 is 0 Å². The Morgan fingerprint density at radius 2 is 0.744 bits per heavy atom. The lowest BCUT2D eigenvalue weighted by atomic mass is 9.65. The van der Waals surface area contributed by atoms with E-state index in [1.165, 1.54) is 162 Å². The van der Waals surface area contributed by atoms with Gasteiger partial charge in [0, 0.05) is 5.41 Å². The Bertz CT molecular complexity index is 1030. The largest absolute Gasteiger partial charge is 0.507 e. The Hall–Kier alpha value is -1.96. The first-order valence-corrected chi connectivity index (χ1v) is 18.8. The summed E-state index contributed by atoms with van der Waals surface area (Å²) in [6.45, 7) is 4.69. The normalized spacial score (nSPS) is 21.1. The fourth-order valence-electron chi connectivity index (χ4n) is 9.93. The highest BCUT2D eigenvalue weighted by Crippen LogP contribution is 2.53. The molecule has 2 heteroatoms. The molecule has 0 aromatic heterocycles. The van der Waals surface area contributed by atoms with E-state index in [1.807, 2.05) is 0 Å². The predicted octanol–water partition coefficient (Wildman–Crippen LogP) is 12.4. The summed E-state index contributed by atoms with van der Waals surface area (Å²) in [6.07, 6.45) is 27.2. The van der Waals surface area contributed by atoms with Gasteiger partial charge in [-0.3, -0.25) is 0 Å². The molecule has 0 aliphatic heterocycles. The SMILES string of the molecule is CCCCC(CCCC)(c1cc(C2CCCC2)c(O)c(C2CCCC2)c1)c1cc(C2CCCC2)c(O)c(C2CCCC2)c1. The van der Waals surface area contributed by atoms with Crippen LogP contribution in [0.4, 0.5) is 0 Å². The molecule has 0 bridgehead atoms. The highest BCUT2D eigenvalue weighted by molar-refractivity contribution is 5.56. The minimum Gasteiger partial charge on any atom is -0.507 e. The molecule has 2 aromatic rings. The molecule has 236 valence electrons. The first-order valence-electron chi connectivity index (χ1n) is 18.8. The van der Waals surface area contributed by atoms with Crippen molar-refractivity contribution >= 4 is 0 Å². The van der Waals surface area contributed by atoms with Crippen molar-refractivity contribution in [2.45, 2.75) is 184 Å². The van der Waals surface area contributed by atoms with Gasteiger partial charge in [-0.1, -0.05) is 115 Å². The monoisotopic (exact) mass is 584 g/mol. The lowest BCUT2D eigenvalue weighted by Crippen LogP contribution is -2.29. The van der Waals surface area contributed by atoms with Crippen LogP contribution in [0, 0.1) is 0 Å². The van der Waals surface area contributed by atoms with Crippen LogP contribution in [0.1, 0.15) is 212 Å². The molecule has 43 heavy (non-hydrogen) atoms. The Balaban J connectivity index is 1.58. The average molecular weight is 585 g/mol. The zero-order valence-corrected chi connectivity index (χ0v) is 27.6. The number of benzene rings is 2. The predicted molar refractivity (Wildman–Crippen MR) is 181 cm³/mol. The fourth-order valence-corrected chi connectivity index (χ4v) is 9.93. The fraction of sp³-hybridized carbons (Fsp3) is 0.707. The Kier molecular flexibility index (Phi) is 10.1. The molecule has 0 amide bonds. The van der Waals surface area contributed by atoms with Crippen molar-refractivity contribution in [1.82, 2.24) is 0 Å². The summed E-state index contributed by atoms with van der Waals surface area (Å²) in [4.78, 5) is 0. The minimum atomic E-state index is -0.0746. The van der Waals surface area contributed by atoms with E-state index in [1.54, 1.807) is 0 Å². The maximum Gasteiger partial charge on any atom is 0.122 e. The molecule has 0 saturated heterocycles. The molecule has 2 aromatic carbocycles. The number of phenolic OH excluding ortho intramolecular Hbond substituents is 2. The van der Waals surface area contributed by atoms with Gasteiger partial charge in [-0.2, -0.15) is 0 Å². The lowest BCUT2D eigenvalue weighted by molar-refractivity contribution is 0.397. The second-order valence-corrected chi connectivity index (χ2v) is 15.2.